The molecule has 0 aliphatic carbocycles. The molecule has 0 aromatic heterocycles. The fraction of sp³-hybridized carbons (Fsp3) is 0.882. The summed E-state index contributed by atoms with van der Waals surface area (Å²) in [7, 11) is 0. The van der Waals surface area contributed by atoms with Crippen molar-refractivity contribution in [1.82, 2.24) is 5.32 Å². The molecule has 2 rings (SSSR count). The van der Waals surface area contributed by atoms with Crippen molar-refractivity contribution in [2.75, 3.05) is 19.8 Å². The lowest BCUT2D eigenvalue weighted by Crippen LogP contribution is -2.68. The minimum atomic E-state index is -1.81. The van der Waals surface area contributed by atoms with Gasteiger partial charge < -0.3 is 65.7 Å². The lowest BCUT2D eigenvalue weighted by atomic mass is 9.95. The highest BCUT2D eigenvalue weighted by Crippen LogP contribution is 2.29. The Labute approximate surface area is 182 Å². The normalized spacial score (nSPS) is 41.1. The zero-order valence-electron chi connectivity index (χ0n) is 17.1. The number of amides is 1. The Hall–Kier alpha value is -1.50. The predicted octanol–water partition coefficient (Wildman–Crippen LogP) is -5.82. The van der Waals surface area contributed by atoms with Crippen LogP contribution in [0.2, 0.25) is 0 Å². The van der Waals surface area contributed by atoms with E-state index in [1.165, 1.54) is 0 Å². The first kappa shape index (κ1) is 26.7. The van der Waals surface area contributed by atoms with E-state index in [1.54, 1.807) is 0 Å². The second-order valence-corrected chi connectivity index (χ2v) is 7.52. The Kier molecular flexibility index (Phi) is 9.68. The first-order valence-corrected chi connectivity index (χ1v) is 9.79. The third-order valence-corrected chi connectivity index (χ3v) is 5.12. The van der Waals surface area contributed by atoms with E-state index in [-0.39, 0.29) is 0 Å². The minimum Gasteiger partial charge on any atom is -0.480 e. The molecule has 11 atom stereocenters. The van der Waals surface area contributed by atoms with Gasteiger partial charge >= 0.3 is 5.97 Å². The zero-order chi connectivity index (χ0) is 24.2. The van der Waals surface area contributed by atoms with Gasteiger partial charge in [-0.1, -0.05) is 0 Å². The minimum absolute atomic E-state index is 0.558. The maximum Gasteiger partial charge on any atom is 0.322 e. The third kappa shape index (κ3) is 6.09. The highest BCUT2D eigenvalue weighted by molar-refractivity contribution is 5.73. The summed E-state index contributed by atoms with van der Waals surface area (Å²) in [5.74, 6) is -1.99. The predicted molar refractivity (Wildman–Crippen MR) is 99.6 cm³/mol. The van der Waals surface area contributed by atoms with Gasteiger partial charge in [0.2, 0.25) is 5.91 Å². The molecule has 0 saturated carbocycles. The van der Waals surface area contributed by atoms with E-state index < -0.39 is 99.1 Å². The zero-order valence-corrected chi connectivity index (χ0v) is 17.1. The van der Waals surface area contributed by atoms with E-state index in [2.05, 4.69) is 5.32 Å². The van der Waals surface area contributed by atoms with Crippen molar-refractivity contribution in [3.63, 3.8) is 0 Å². The number of carboxylic acid groups (broad SMARTS) is 1. The molecule has 0 unspecified atom stereocenters. The fourth-order valence-corrected chi connectivity index (χ4v) is 3.36. The van der Waals surface area contributed by atoms with Crippen molar-refractivity contribution in [3.05, 3.63) is 0 Å². The lowest BCUT2D eigenvalue weighted by Gasteiger charge is -2.47. The summed E-state index contributed by atoms with van der Waals surface area (Å²) in [6.45, 7) is -0.881. The number of rotatable bonds is 9. The maximum absolute atomic E-state index is 11.7. The molecule has 0 radical (unpaired) electrons. The van der Waals surface area contributed by atoms with Gasteiger partial charge in [0.25, 0.3) is 0 Å². The van der Waals surface area contributed by atoms with E-state index in [4.69, 9.17) is 29.8 Å². The number of aliphatic hydroxyl groups is 6. The summed E-state index contributed by atoms with van der Waals surface area (Å²) in [5.41, 5.74) is 5.41. The van der Waals surface area contributed by atoms with Gasteiger partial charge in [-0.15, -0.1) is 0 Å². The molecule has 2 fully saturated rings. The van der Waals surface area contributed by atoms with Crippen LogP contribution in [0.5, 0.6) is 0 Å². The molecule has 186 valence electrons. The van der Waals surface area contributed by atoms with Crippen molar-refractivity contribution in [1.29, 1.82) is 0 Å². The molecule has 0 aromatic rings. The number of hydrogen-bond donors (Lipinski definition) is 9. The van der Waals surface area contributed by atoms with Crippen LogP contribution in [0.3, 0.4) is 0 Å². The van der Waals surface area contributed by atoms with Crippen molar-refractivity contribution in [2.24, 2.45) is 5.73 Å². The standard InChI is InChI=1S/C17H30N2O13/c1-5(22)19-9-14(32-17-13(26)12(25)10(23)7(2-20)31-17)11(24)8(3-21)30-16(9)29-4-6(18)15(27)28/h6-14,16-17,20-21,23-26H,2-4,18H2,1H3,(H,19,22)(H,27,28)/t6-,7+,8+,9+,10-,11+,12-,13+,14+,16+,17-/m0/s1. The molecular formula is C17H30N2O13. The van der Waals surface area contributed by atoms with E-state index >= 15 is 0 Å². The van der Waals surface area contributed by atoms with Crippen LogP contribution < -0.4 is 11.1 Å². The highest BCUT2D eigenvalue weighted by atomic mass is 16.7. The number of carboxylic acids is 1. The molecule has 2 aliphatic rings. The third-order valence-electron chi connectivity index (χ3n) is 5.12. The van der Waals surface area contributed by atoms with E-state index in [0.29, 0.717) is 0 Å². The second kappa shape index (κ2) is 11.6. The second-order valence-electron chi connectivity index (χ2n) is 7.52. The first-order chi connectivity index (χ1) is 15.0. The van der Waals surface area contributed by atoms with Crippen LogP contribution in [0.25, 0.3) is 0 Å². The monoisotopic (exact) mass is 470 g/mol. The maximum atomic E-state index is 11.7. The average molecular weight is 470 g/mol. The highest BCUT2D eigenvalue weighted by Gasteiger charge is 2.51. The molecule has 0 aromatic carbocycles. The summed E-state index contributed by atoms with van der Waals surface area (Å²) in [6.07, 6.45) is -14.1. The Morgan fingerprint density at radius 2 is 1.53 bits per heavy atom. The van der Waals surface area contributed by atoms with Crippen LogP contribution in [-0.2, 0) is 28.5 Å². The summed E-state index contributed by atoms with van der Waals surface area (Å²) >= 11 is 0. The van der Waals surface area contributed by atoms with E-state index in [1.807, 2.05) is 0 Å². The molecule has 0 bridgehead atoms. The van der Waals surface area contributed by atoms with Gasteiger partial charge in [-0.05, 0) is 0 Å². The molecule has 0 spiro atoms. The number of aliphatic hydroxyl groups excluding tert-OH is 6. The molecule has 10 N–H and O–H groups in total. The SMILES string of the molecule is CC(=O)N[C@H]1[C@H](OC[C@H](N)C(=O)O)O[C@H](CO)[C@@H](O)[C@@H]1O[C@@H]1O[C@H](CO)[C@H](O)[C@H](O)[C@H]1O. The van der Waals surface area contributed by atoms with Gasteiger partial charge in [-0.25, -0.2) is 0 Å². The van der Waals surface area contributed by atoms with Crippen molar-refractivity contribution < 1.29 is 64.3 Å². The molecule has 2 heterocycles. The van der Waals surface area contributed by atoms with Gasteiger partial charge in [0.15, 0.2) is 12.6 Å². The number of nitrogens with two attached hydrogens (primary N) is 1. The summed E-state index contributed by atoms with van der Waals surface area (Å²) in [4.78, 5) is 22.7. The van der Waals surface area contributed by atoms with Crippen LogP contribution in [0.15, 0.2) is 0 Å². The Bertz CT molecular complexity index is 638. The van der Waals surface area contributed by atoms with Crippen LogP contribution >= 0.6 is 0 Å². The van der Waals surface area contributed by atoms with Gasteiger partial charge in [-0.2, -0.15) is 0 Å². The van der Waals surface area contributed by atoms with Crippen molar-refractivity contribution >= 4 is 11.9 Å². The van der Waals surface area contributed by atoms with Crippen LogP contribution in [0, 0.1) is 0 Å². The molecule has 15 nitrogen and oxygen atoms in total. The molecule has 1 amide bonds. The summed E-state index contributed by atoms with van der Waals surface area (Å²) in [5, 5.41) is 70.9. The van der Waals surface area contributed by atoms with Gasteiger partial charge in [0.1, 0.15) is 54.8 Å². The van der Waals surface area contributed by atoms with Gasteiger partial charge in [0, 0.05) is 6.92 Å². The van der Waals surface area contributed by atoms with Crippen molar-refractivity contribution in [3.8, 4) is 0 Å². The number of nitrogens with one attached hydrogen (secondary N) is 1. The number of carbonyl (C=O) groups excluding carboxylic acids is 1. The molecular weight excluding hydrogens is 440 g/mol. The summed E-state index contributed by atoms with van der Waals surface area (Å²) < 4.78 is 21.6. The Morgan fingerprint density at radius 3 is 2.06 bits per heavy atom. The lowest BCUT2D eigenvalue weighted by molar-refractivity contribution is -0.344. The van der Waals surface area contributed by atoms with Crippen LogP contribution in [0.4, 0.5) is 0 Å². The average Bonchev–Trinajstić information content (AvgIpc) is 2.74. The summed E-state index contributed by atoms with van der Waals surface area (Å²) in [6, 6.07) is -2.75. The number of aliphatic carboxylic acids is 1. The Morgan fingerprint density at radius 1 is 0.969 bits per heavy atom. The quantitative estimate of drug-likeness (QED) is 0.152. The molecule has 2 aliphatic heterocycles. The number of ether oxygens (including phenoxy) is 4. The number of hydrogen-bond acceptors (Lipinski definition) is 13. The largest absolute Gasteiger partial charge is 0.480 e. The van der Waals surface area contributed by atoms with E-state index in [0.717, 1.165) is 6.92 Å². The molecule has 2 saturated heterocycles. The number of carbonyl (C=O) groups is 2. The first-order valence-electron chi connectivity index (χ1n) is 9.79. The van der Waals surface area contributed by atoms with Gasteiger partial charge in [0.05, 0.1) is 19.8 Å². The molecule has 32 heavy (non-hydrogen) atoms. The molecule has 15 heteroatoms. The van der Waals surface area contributed by atoms with Crippen LogP contribution in [0.1, 0.15) is 6.92 Å². The Balaban J connectivity index is 2.28. The fourth-order valence-electron chi connectivity index (χ4n) is 3.36. The smallest absolute Gasteiger partial charge is 0.322 e. The topological polar surface area (TPSA) is 251 Å². The van der Waals surface area contributed by atoms with Gasteiger partial charge in [-0.3, -0.25) is 9.59 Å². The van der Waals surface area contributed by atoms with E-state index in [9.17, 15) is 40.2 Å². The van der Waals surface area contributed by atoms with Crippen LogP contribution in [-0.4, -0.2) is 135 Å². The van der Waals surface area contributed by atoms with Crippen molar-refractivity contribution in [2.45, 2.75) is 74.3 Å².